The Kier molecular flexibility index (Phi) is 23.3. The van der Waals surface area contributed by atoms with Crippen LogP contribution in [0, 0.1) is 27.7 Å². The quantitative estimate of drug-likeness (QED) is 0.146. The van der Waals surface area contributed by atoms with Gasteiger partial charge in [0, 0.05) is 0 Å². The van der Waals surface area contributed by atoms with E-state index >= 15 is 0 Å². The van der Waals surface area contributed by atoms with Crippen LogP contribution >= 0.6 is 0 Å². The fourth-order valence-corrected chi connectivity index (χ4v) is 13.1. The van der Waals surface area contributed by atoms with Crippen LogP contribution in [0.2, 0.25) is 0 Å². The van der Waals surface area contributed by atoms with Crippen molar-refractivity contribution in [1.29, 1.82) is 0 Å². The van der Waals surface area contributed by atoms with Gasteiger partial charge in [-0.1, -0.05) is 272 Å². The molecular weight excluding hydrogens is 1310 g/mol. The molecule has 92 heavy (non-hydrogen) atoms. The van der Waals surface area contributed by atoms with Gasteiger partial charge in [0.2, 0.25) is 0 Å². The van der Waals surface area contributed by atoms with Crippen LogP contribution in [0.3, 0.4) is 0 Å². The predicted molar refractivity (Wildman–Crippen MR) is 391 cm³/mol. The Balaban J connectivity index is 0.000000141. The predicted octanol–water partition coefficient (Wildman–Crippen LogP) is 18.9. The van der Waals surface area contributed by atoms with Crippen molar-refractivity contribution in [2.24, 2.45) is 0 Å². The second kappa shape index (κ2) is 31.2. The Morgan fingerprint density at radius 2 is 0.511 bits per heavy atom. The number of benzene rings is 12. The first kappa shape index (κ1) is 68.6. The Hall–Kier alpha value is -7.79. The van der Waals surface area contributed by atoms with Gasteiger partial charge in [-0.3, -0.25) is 0 Å². The minimum Gasteiger partial charge on any atom is -1.00 e. The SMILES string of the molecule is CC(C)c1cc2c(-c3cccc4ccccc34)cccc2[cH-]1.CC(C)c1cc2c(-c3cccc4ccccc34)cccc2[cH-]1.Cc1cc2c(-c3cccc4ccccc34)ccc(C)c2[cH-]1.Cc1cc2c(-c3cccc4ccccc34)ccc(C)c2[cH-]1.[CH2]=[Zr+2].[CH2]=[Zr+2].[Cl-].[Cl-]. The molecular formula is C88H76Cl2Zr2-2. The zero-order valence-corrected chi connectivity index (χ0v) is 60.3. The maximum Gasteiger partial charge on any atom is -1.00 e. The first-order valence-corrected chi connectivity index (χ1v) is 34.8. The molecule has 0 N–H and O–H groups in total. The Labute approximate surface area is 586 Å². The first-order valence-electron chi connectivity index (χ1n) is 31.3. The van der Waals surface area contributed by atoms with Gasteiger partial charge < -0.3 is 24.8 Å². The van der Waals surface area contributed by atoms with Crippen molar-refractivity contribution in [1.82, 2.24) is 0 Å². The standard InChI is InChI=1S/2C22H19.2C21H17.2CH2.2ClH.2Zr/c2*1-15(2)18-13-17-9-6-12-21(22(17)14-18)20-11-5-8-16-7-3-4-10-19(16)20;2*1-14-12-20-15(2)10-11-19(21(20)13-14)18-9-5-7-16-6-3-4-8-17(16)18;;;;;;/h2*3-15H,1-2H3;2*3-13H,1-2H3;2*1H2;2*1H;;/q4*-1;;;;;2*+2/p-2. The third-order valence-electron chi connectivity index (χ3n) is 17.7. The molecule has 452 valence electrons. The van der Waals surface area contributed by atoms with Crippen LogP contribution in [-0.4, -0.2) is 8.42 Å². The summed E-state index contributed by atoms with van der Waals surface area (Å²) in [4.78, 5) is 0. The fraction of sp³-hybridized carbons (Fsp3) is 0.114. The van der Waals surface area contributed by atoms with Crippen LogP contribution in [0.25, 0.3) is 131 Å². The minimum atomic E-state index is 0. The summed E-state index contributed by atoms with van der Waals surface area (Å²) in [6, 6.07) is 102. The number of halogens is 2. The summed E-state index contributed by atoms with van der Waals surface area (Å²) in [6.07, 6.45) is 0. The molecule has 16 aromatic carbocycles. The Morgan fingerprint density at radius 3 is 0.804 bits per heavy atom. The summed E-state index contributed by atoms with van der Waals surface area (Å²) >= 11 is 2.60. The van der Waals surface area contributed by atoms with Gasteiger partial charge in [0.1, 0.15) is 0 Å². The van der Waals surface area contributed by atoms with Gasteiger partial charge in [0.15, 0.2) is 0 Å². The van der Waals surface area contributed by atoms with Crippen LogP contribution in [0.5, 0.6) is 0 Å². The second-order valence-electron chi connectivity index (χ2n) is 24.2. The van der Waals surface area contributed by atoms with Crippen LogP contribution in [0.1, 0.15) is 72.9 Å². The molecule has 16 aromatic rings. The van der Waals surface area contributed by atoms with E-state index in [0.29, 0.717) is 11.8 Å². The smallest absolute Gasteiger partial charge is 1.00 e. The Bertz CT molecular complexity index is 4830. The minimum absolute atomic E-state index is 0. The fourth-order valence-electron chi connectivity index (χ4n) is 13.1. The zero-order valence-electron chi connectivity index (χ0n) is 53.9. The average Bonchev–Trinajstić information content (AvgIpc) is 1.63. The van der Waals surface area contributed by atoms with Gasteiger partial charge in [0.05, 0.1) is 0 Å². The average molecular weight is 1390 g/mol. The van der Waals surface area contributed by atoms with E-state index in [1.54, 1.807) is 0 Å². The van der Waals surface area contributed by atoms with Crippen LogP contribution in [0.4, 0.5) is 0 Å². The van der Waals surface area contributed by atoms with E-state index in [4.69, 9.17) is 0 Å². The van der Waals surface area contributed by atoms with Crippen molar-refractivity contribution in [3.05, 3.63) is 312 Å². The maximum atomic E-state index is 3.34. The monoisotopic (exact) mass is 1380 g/mol. The van der Waals surface area contributed by atoms with Gasteiger partial charge in [-0.05, 0) is 77.2 Å². The molecule has 0 aliphatic carbocycles. The molecule has 0 aliphatic heterocycles. The van der Waals surface area contributed by atoms with Crippen molar-refractivity contribution < 1.29 is 73.3 Å². The molecule has 0 saturated carbocycles. The molecule has 0 aliphatic rings. The summed E-state index contributed by atoms with van der Waals surface area (Å²) in [5.74, 6) is 1.13. The van der Waals surface area contributed by atoms with E-state index in [2.05, 4.69) is 343 Å². The summed E-state index contributed by atoms with van der Waals surface area (Å²) in [5.41, 5.74) is 18.8. The molecule has 0 unspecified atom stereocenters. The normalized spacial score (nSPS) is 10.8. The number of rotatable bonds is 6. The molecule has 0 aromatic heterocycles. The molecule has 0 fully saturated rings. The summed E-state index contributed by atoms with van der Waals surface area (Å²) < 4.78 is 6.68. The molecule has 0 amide bonds. The molecule has 4 heteroatoms. The summed E-state index contributed by atoms with van der Waals surface area (Å²) in [6.45, 7) is 17.7. The van der Waals surface area contributed by atoms with Crippen molar-refractivity contribution in [2.75, 3.05) is 0 Å². The van der Waals surface area contributed by atoms with Gasteiger partial charge in [0.25, 0.3) is 0 Å². The van der Waals surface area contributed by atoms with Crippen LogP contribution in [0.15, 0.2) is 279 Å². The third-order valence-corrected chi connectivity index (χ3v) is 17.7. The molecule has 0 nitrogen and oxygen atoms in total. The van der Waals surface area contributed by atoms with Gasteiger partial charge in [-0.25, -0.2) is 0 Å². The van der Waals surface area contributed by atoms with Gasteiger partial charge in [-0.15, -0.1) is 137 Å². The van der Waals surface area contributed by atoms with Gasteiger partial charge >= 0.3 is 56.9 Å². The number of hydrogen-bond acceptors (Lipinski definition) is 0. The molecule has 16 rings (SSSR count). The second-order valence-corrected chi connectivity index (χ2v) is 24.2. The third kappa shape index (κ3) is 14.4. The largest absolute Gasteiger partial charge is 1.00 e. The van der Waals surface area contributed by atoms with E-state index in [1.807, 2.05) is 0 Å². The molecule has 0 heterocycles. The number of hydrogen-bond donors (Lipinski definition) is 0. The molecule has 0 spiro atoms. The first-order chi connectivity index (χ1) is 43.9. The zero-order chi connectivity index (χ0) is 63.0. The van der Waals surface area contributed by atoms with E-state index in [0.717, 1.165) is 0 Å². The van der Waals surface area contributed by atoms with Crippen molar-refractivity contribution in [2.45, 2.75) is 67.2 Å². The van der Waals surface area contributed by atoms with E-state index in [-0.39, 0.29) is 24.8 Å². The molecule has 0 bridgehead atoms. The molecule has 0 saturated heterocycles. The summed E-state index contributed by atoms with van der Waals surface area (Å²) in [7, 11) is 0. The summed E-state index contributed by atoms with van der Waals surface area (Å²) in [5, 5.41) is 21.4. The maximum absolute atomic E-state index is 3.34. The van der Waals surface area contributed by atoms with E-state index in [1.165, 1.54) is 213 Å². The van der Waals surface area contributed by atoms with Crippen LogP contribution < -0.4 is 24.8 Å². The Morgan fingerprint density at radius 1 is 0.261 bits per heavy atom. The number of aryl methyl sites for hydroxylation is 4. The van der Waals surface area contributed by atoms with Crippen molar-refractivity contribution in [3.8, 4) is 44.5 Å². The van der Waals surface area contributed by atoms with Crippen molar-refractivity contribution >= 4 is 94.6 Å². The van der Waals surface area contributed by atoms with Gasteiger partial charge in [-0.2, -0.15) is 24.3 Å². The number of fused-ring (bicyclic) bond motifs is 8. The van der Waals surface area contributed by atoms with E-state index < -0.39 is 0 Å². The van der Waals surface area contributed by atoms with Crippen LogP contribution in [-0.2, 0) is 48.5 Å². The topological polar surface area (TPSA) is 0 Å². The van der Waals surface area contributed by atoms with E-state index in [9.17, 15) is 0 Å². The molecule has 0 atom stereocenters. The molecule has 0 radical (unpaired) electrons. The van der Waals surface area contributed by atoms with Crippen molar-refractivity contribution in [3.63, 3.8) is 0 Å².